The Hall–Kier alpha value is -4.50. The van der Waals surface area contributed by atoms with Gasteiger partial charge in [0, 0.05) is 32.8 Å². The summed E-state index contributed by atoms with van der Waals surface area (Å²) >= 11 is 0. The highest BCUT2D eigenvalue weighted by atomic mass is 15.0. The topological polar surface area (TPSA) is 30.7 Å². The molecule has 0 N–H and O–H groups in total. The molecule has 7 rings (SSSR count). The van der Waals surface area contributed by atoms with Crippen molar-refractivity contribution in [2.45, 2.75) is 0 Å². The van der Waals surface area contributed by atoms with Gasteiger partial charge in [-0.05, 0) is 24.3 Å². The lowest BCUT2D eigenvalue weighted by Gasteiger charge is -2.09. The summed E-state index contributed by atoms with van der Waals surface area (Å²) in [7, 11) is 0. The van der Waals surface area contributed by atoms with Crippen LogP contribution in [-0.2, 0) is 0 Å². The van der Waals surface area contributed by atoms with Crippen molar-refractivity contribution < 1.29 is 0 Å². The van der Waals surface area contributed by atoms with E-state index >= 15 is 0 Å². The van der Waals surface area contributed by atoms with E-state index in [4.69, 9.17) is 9.97 Å². The zero-order valence-electron chi connectivity index (χ0n) is 17.8. The van der Waals surface area contributed by atoms with Crippen LogP contribution in [0.5, 0.6) is 0 Å². The van der Waals surface area contributed by atoms with Crippen molar-refractivity contribution >= 4 is 43.6 Å². The van der Waals surface area contributed by atoms with Gasteiger partial charge >= 0.3 is 0 Å². The van der Waals surface area contributed by atoms with E-state index in [1.54, 1.807) is 0 Å². The number of fused-ring (bicyclic) bond motifs is 7. The van der Waals surface area contributed by atoms with Gasteiger partial charge in [-0.1, -0.05) is 84.9 Å². The van der Waals surface area contributed by atoms with Crippen molar-refractivity contribution in [1.82, 2.24) is 14.5 Å². The molecule has 0 aliphatic carbocycles. The molecule has 0 aliphatic rings. The molecule has 0 amide bonds. The summed E-state index contributed by atoms with van der Waals surface area (Å²) in [4.78, 5) is 10.0. The van der Waals surface area contributed by atoms with Crippen molar-refractivity contribution in [3.63, 3.8) is 0 Å². The van der Waals surface area contributed by atoms with Gasteiger partial charge in [0.25, 0.3) is 0 Å². The molecule has 3 heteroatoms. The predicted octanol–water partition coefficient (Wildman–Crippen LogP) is 7.55. The number of para-hydroxylation sites is 2. The van der Waals surface area contributed by atoms with E-state index in [0.29, 0.717) is 0 Å². The first-order chi connectivity index (χ1) is 16.4. The zero-order chi connectivity index (χ0) is 21.8. The van der Waals surface area contributed by atoms with E-state index in [1.807, 2.05) is 30.5 Å². The van der Waals surface area contributed by atoms with Gasteiger partial charge in [0.2, 0.25) is 0 Å². The SMILES string of the molecule is c1ccc(-c2ccc3ccc4c(ncc5c4c4ccccc4n5-c4ccccc4)c3n2)cc1. The monoisotopic (exact) mass is 421 g/mol. The Morgan fingerprint density at radius 3 is 2.12 bits per heavy atom. The molecule has 3 heterocycles. The van der Waals surface area contributed by atoms with Gasteiger partial charge in [-0.25, -0.2) is 4.98 Å². The first-order valence-electron chi connectivity index (χ1n) is 11.1. The molecule has 0 spiro atoms. The van der Waals surface area contributed by atoms with E-state index < -0.39 is 0 Å². The maximum atomic E-state index is 5.06. The highest BCUT2D eigenvalue weighted by Gasteiger charge is 2.16. The van der Waals surface area contributed by atoms with Gasteiger partial charge in [0.1, 0.15) is 0 Å². The number of benzene rings is 4. The lowest BCUT2D eigenvalue weighted by Crippen LogP contribution is -1.94. The van der Waals surface area contributed by atoms with Crippen LogP contribution in [0.4, 0.5) is 0 Å². The fourth-order valence-corrected chi connectivity index (χ4v) is 4.92. The van der Waals surface area contributed by atoms with Gasteiger partial charge in [-0.15, -0.1) is 0 Å². The maximum Gasteiger partial charge on any atom is 0.0972 e. The first kappa shape index (κ1) is 18.1. The Labute approximate surface area is 190 Å². The molecular formula is C30H19N3. The third-order valence-corrected chi connectivity index (χ3v) is 6.42. The van der Waals surface area contributed by atoms with Crippen molar-refractivity contribution in [1.29, 1.82) is 0 Å². The van der Waals surface area contributed by atoms with Gasteiger partial charge in [0.15, 0.2) is 0 Å². The summed E-state index contributed by atoms with van der Waals surface area (Å²) < 4.78 is 2.30. The lowest BCUT2D eigenvalue weighted by molar-refractivity contribution is 1.17. The molecule has 0 saturated carbocycles. The van der Waals surface area contributed by atoms with Crippen molar-refractivity contribution in [3.05, 3.63) is 115 Å². The summed E-state index contributed by atoms with van der Waals surface area (Å²) in [6.07, 6.45) is 2.00. The lowest BCUT2D eigenvalue weighted by atomic mass is 10.0. The molecule has 3 nitrogen and oxygen atoms in total. The van der Waals surface area contributed by atoms with E-state index in [0.717, 1.165) is 44.3 Å². The second-order valence-corrected chi connectivity index (χ2v) is 8.30. The number of hydrogen-bond acceptors (Lipinski definition) is 2. The van der Waals surface area contributed by atoms with Crippen molar-refractivity contribution in [2.24, 2.45) is 0 Å². The molecule has 0 saturated heterocycles. The predicted molar refractivity (Wildman–Crippen MR) is 137 cm³/mol. The number of nitrogens with zero attached hydrogens (tertiary/aromatic N) is 3. The highest BCUT2D eigenvalue weighted by molar-refractivity contribution is 6.23. The summed E-state index contributed by atoms with van der Waals surface area (Å²) in [5, 5.41) is 4.67. The van der Waals surface area contributed by atoms with Crippen LogP contribution in [0, 0.1) is 0 Å². The Balaban J connectivity index is 1.60. The minimum Gasteiger partial charge on any atom is -0.308 e. The Bertz CT molecular complexity index is 1800. The molecule has 0 unspecified atom stereocenters. The summed E-state index contributed by atoms with van der Waals surface area (Å²) in [5.74, 6) is 0. The van der Waals surface area contributed by atoms with Crippen LogP contribution in [0.1, 0.15) is 0 Å². The maximum absolute atomic E-state index is 5.06. The first-order valence-corrected chi connectivity index (χ1v) is 11.1. The van der Waals surface area contributed by atoms with E-state index in [-0.39, 0.29) is 0 Å². The summed E-state index contributed by atoms with van der Waals surface area (Å²) in [6.45, 7) is 0. The average molecular weight is 422 g/mol. The molecule has 4 aromatic carbocycles. The van der Waals surface area contributed by atoms with Crippen molar-refractivity contribution in [2.75, 3.05) is 0 Å². The van der Waals surface area contributed by atoms with Crippen LogP contribution in [0.2, 0.25) is 0 Å². The minimum atomic E-state index is 0.937. The fourth-order valence-electron chi connectivity index (χ4n) is 4.92. The van der Waals surface area contributed by atoms with Crippen LogP contribution in [0.15, 0.2) is 115 Å². The highest BCUT2D eigenvalue weighted by Crippen LogP contribution is 2.37. The van der Waals surface area contributed by atoms with Gasteiger partial charge in [0.05, 0.1) is 34.0 Å². The van der Waals surface area contributed by atoms with Gasteiger partial charge in [-0.3, -0.25) is 4.98 Å². The second kappa shape index (κ2) is 7.01. The Morgan fingerprint density at radius 2 is 1.27 bits per heavy atom. The molecule has 0 fully saturated rings. The summed E-state index contributed by atoms with van der Waals surface area (Å²) in [6, 6.07) is 38.0. The molecule has 3 aromatic heterocycles. The minimum absolute atomic E-state index is 0.937. The second-order valence-electron chi connectivity index (χ2n) is 8.30. The molecule has 33 heavy (non-hydrogen) atoms. The van der Waals surface area contributed by atoms with Crippen LogP contribution < -0.4 is 0 Å². The standard InChI is InChI=1S/C30H19N3/c1-3-9-20(10-4-1)25-18-16-21-15-17-24-28-23-13-7-8-14-26(23)33(22-11-5-2-6-12-22)27(28)19-31-30(24)29(21)32-25/h1-19H. The van der Waals surface area contributed by atoms with Crippen LogP contribution in [0.25, 0.3) is 60.6 Å². The van der Waals surface area contributed by atoms with Crippen LogP contribution in [0.3, 0.4) is 0 Å². The third kappa shape index (κ3) is 2.69. The average Bonchev–Trinajstić information content (AvgIpc) is 3.24. The van der Waals surface area contributed by atoms with E-state index in [9.17, 15) is 0 Å². The summed E-state index contributed by atoms with van der Waals surface area (Å²) in [5.41, 5.74) is 7.37. The van der Waals surface area contributed by atoms with Crippen molar-refractivity contribution in [3.8, 4) is 16.9 Å². The van der Waals surface area contributed by atoms with E-state index in [2.05, 4.69) is 89.5 Å². The van der Waals surface area contributed by atoms with Crippen LogP contribution >= 0.6 is 0 Å². The smallest absolute Gasteiger partial charge is 0.0972 e. The third-order valence-electron chi connectivity index (χ3n) is 6.42. The molecule has 0 atom stereocenters. The quantitative estimate of drug-likeness (QED) is 0.270. The number of pyridine rings is 2. The molecule has 0 bridgehead atoms. The molecule has 0 radical (unpaired) electrons. The Kier molecular flexibility index (Phi) is 3.84. The van der Waals surface area contributed by atoms with Gasteiger partial charge < -0.3 is 4.57 Å². The molecule has 0 aliphatic heterocycles. The number of aromatic nitrogens is 3. The Morgan fingerprint density at radius 1 is 0.545 bits per heavy atom. The number of hydrogen-bond donors (Lipinski definition) is 0. The molecule has 154 valence electrons. The van der Waals surface area contributed by atoms with E-state index in [1.165, 1.54) is 16.3 Å². The molecule has 7 aromatic rings. The zero-order valence-corrected chi connectivity index (χ0v) is 17.8. The molecular weight excluding hydrogens is 402 g/mol. The van der Waals surface area contributed by atoms with Crippen LogP contribution in [-0.4, -0.2) is 14.5 Å². The largest absolute Gasteiger partial charge is 0.308 e. The van der Waals surface area contributed by atoms with Gasteiger partial charge in [-0.2, -0.15) is 0 Å². The fraction of sp³-hybridized carbons (Fsp3) is 0. The number of rotatable bonds is 2. The normalized spacial score (nSPS) is 11.6.